The highest BCUT2D eigenvalue weighted by Gasteiger charge is 2.09. The number of para-hydroxylation sites is 1. The zero-order valence-electron chi connectivity index (χ0n) is 8.24. The molecule has 0 atom stereocenters. The third kappa shape index (κ3) is 2.14. The van der Waals surface area contributed by atoms with Crippen molar-refractivity contribution in [1.29, 1.82) is 0 Å². The summed E-state index contributed by atoms with van der Waals surface area (Å²) >= 11 is 0. The van der Waals surface area contributed by atoms with E-state index in [1.807, 2.05) is 0 Å². The molecule has 0 N–H and O–H groups in total. The summed E-state index contributed by atoms with van der Waals surface area (Å²) in [5.74, 6) is 0.554. The first-order chi connectivity index (χ1) is 7.77. The molecule has 0 aliphatic rings. The molecule has 2 aromatic rings. The number of nitrogens with zero attached hydrogens (tertiary/aromatic N) is 2. The molecule has 0 amide bonds. The van der Waals surface area contributed by atoms with Crippen LogP contribution in [0.15, 0.2) is 41.3 Å². The Balaban J connectivity index is 2.31. The van der Waals surface area contributed by atoms with Crippen molar-refractivity contribution in [2.45, 2.75) is 0 Å². The Morgan fingerprint density at radius 1 is 1.31 bits per heavy atom. The average molecular weight is 216 g/mol. The van der Waals surface area contributed by atoms with Crippen LogP contribution in [0.1, 0.15) is 11.3 Å². The first kappa shape index (κ1) is 10.1. The van der Waals surface area contributed by atoms with E-state index in [1.165, 1.54) is 18.7 Å². The molecule has 16 heavy (non-hydrogen) atoms. The third-order valence-corrected chi connectivity index (χ3v) is 2.01. The molecular formula is C11H8N2O3. The minimum Gasteiger partial charge on any atom is -0.444 e. The lowest BCUT2D eigenvalue weighted by molar-refractivity contribution is -0.385. The van der Waals surface area contributed by atoms with E-state index in [4.69, 9.17) is 4.42 Å². The Labute approximate surface area is 91.2 Å². The van der Waals surface area contributed by atoms with E-state index in [-0.39, 0.29) is 5.69 Å². The molecule has 80 valence electrons. The minimum absolute atomic E-state index is 0.0678. The highest BCUT2D eigenvalue weighted by atomic mass is 16.6. The summed E-state index contributed by atoms with van der Waals surface area (Å²) in [6.07, 6.45) is 6.10. The monoisotopic (exact) mass is 216 g/mol. The van der Waals surface area contributed by atoms with E-state index in [2.05, 4.69) is 4.98 Å². The quantitative estimate of drug-likeness (QED) is 0.584. The van der Waals surface area contributed by atoms with Crippen molar-refractivity contribution in [1.82, 2.24) is 4.98 Å². The van der Waals surface area contributed by atoms with Gasteiger partial charge in [0.15, 0.2) is 6.39 Å². The molecule has 0 saturated heterocycles. The lowest BCUT2D eigenvalue weighted by Crippen LogP contribution is -1.90. The maximum atomic E-state index is 10.7. The number of benzene rings is 1. The fourth-order valence-corrected chi connectivity index (χ4v) is 1.27. The number of nitro benzene ring substituents is 1. The maximum absolute atomic E-state index is 10.7. The molecule has 1 aromatic carbocycles. The number of rotatable bonds is 3. The normalized spacial score (nSPS) is 10.8. The summed E-state index contributed by atoms with van der Waals surface area (Å²) < 4.78 is 4.99. The molecule has 1 aromatic heterocycles. The van der Waals surface area contributed by atoms with Crippen molar-refractivity contribution in [3.05, 3.63) is 58.3 Å². The van der Waals surface area contributed by atoms with Crippen LogP contribution in [0.5, 0.6) is 0 Å². The molecule has 0 unspecified atom stereocenters. The van der Waals surface area contributed by atoms with Crippen LogP contribution >= 0.6 is 0 Å². The van der Waals surface area contributed by atoms with Crippen molar-refractivity contribution in [3.8, 4) is 0 Å². The van der Waals surface area contributed by atoms with Gasteiger partial charge < -0.3 is 4.42 Å². The Morgan fingerprint density at radius 3 is 2.81 bits per heavy atom. The van der Waals surface area contributed by atoms with Gasteiger partial charge in [-0.15, -0.1) is 0 Å². The van der Waals surface area contributed by atoms with Gasteiger partial charge in [0.05, 0.1) is 16.7 Å². The summed E-state index contributed by atoms with van der Waals surface area (Å²) in [6, 6.07) is 6.50. The molecule has 1 heterocycles. The summed E-state index contributed by atoms with van der Waals surface area (Å²) in [7, 11) is 0. The van der Waals surface area contributed by atoms with Crippen molar-refractivity contribution in [2.24, 2.45) is 0 Å². The van der Waals surface area contributed by atoms with E-state index in [1.54, 1.807) is 30.4 Å². The van der Waals surface area contributed by atoms with Crippen LogP contribution in [0.25, 0.3) is 12.2 Å². The molecule has 0 aliphatic heterocycles. The van der Waals surface area contributed by atoms with Gasteiger partial charge in [-0.05, 0) is 18.2 Å². The van der Waals surface area contributed by atoms with Gasteiger partial charge >= 0.3 is 0 Å². The minimum atomic E-state index is -0.417. The van der Waals surface area contributed by atoms with Gasteiger partial charge in [-0.3, -0.25) is 10.1 Å². The Bertz CT molecular complexity index is 518. The summed E-state index contributed by atoms with van der Waals surface area (Å²) in [5.41, 5.74) is 0.599. The summed E-state index contributed by atoms with van der Waals surface area (Å²) in [4.78, 5) is 14.0. The van der Waals surface area contributed by atoms with Gasteiger partial charge in [0, 0.05) is 6.07 Å². The zero-order chi connectivity index (χ0) is 11.4. The van der Waals surface area contributed by atoms with Crippen LogP contribution in [0, 0.1) is 10.1 Å². The van der Waals surface area contributed by atoms with Crippen LogP contribution in [-0.2, 0) is 0 Å². The third-order valence-electron chi connectivity index (χ3n) is 2.01. The zero-order valence-corrected chi connectivity index (χ0v) is 8.24. The van der Waals surface area contributed by atoms with E-state index >= 15 is 0 Å². The van der Waals surface area contributed by atoms with Gasteiger partial charge in [0.1, 0.15) is 5.76 Å². The second kappa shape index (κ2) is 4.39. The molecule has 0 saturated carbocycles. The van der Waals surface area contributed by atoms with E-state index < -0.39 is 4.92 Å². The molecule has 5 heteroatoms. The summed E-state index contributed by atoms with van der Waals surface area (Å²) in [5, 5.41) is 10.7. The Hall–Kier alpha value is -2.43. The van der Waals surface area contributed by atoms with Crippen LogP contribution in [0.4, 0.5) is 5.69 Å². The van der Waals surface area contributed by atoms with Crippen LogP contribution in [-0.4, -0.2) is 9.91 Å². The fourth-order valence-electron chi connectivity index (χ4n) is 1.27. The Morgan fingerprint density at radius 2 is 2.12 bits per heavy atom. The number of hydrogen-bond acceptors (Lipinski definition) is 4. The predicted molar refractivity (Wildman–Crippen MR) is 58.5 cm³/mol. The molecule has 2 rings (SSSR count). The van der Waals surface area contributed by atoms with Crippen LogP contribution < -0.4 is 0 Å². The molecule has 5 nitrogen and oxygen atoms in total. The second-order valence-electron chi connectivity index (χ2n) is 3.05. The van der Waals surface area contributed by atoms with Gasteiger partial charge in [0.25, 0.3) is 5.69 Å². The molecular weight excluding hydrogens is 208 g/mol. The number of nitro groups is 1. The highest BCUT2D eigenvalue weighted by Crippen LogP contribution is 2.19. The highest BCUT2D eigenvalue weighted by molar-refractivity contribution is 5.72. The molecule has 0 radical (unpaired) electrons. The van der Waals surface area contributed by atoms with Crippen molar-refractivity contribution in [2.75, 3.05) is 0 Å². The lowest BCUT2D eigenvalue weighted by Gasteiger charge is -1.95. The fraction of sp³-hybridized carbons (Fsp3) is 0. The Kier molecular flexibility index (Phi) is 2.77. The largest absolute Gasteiger partial charge is 0.444 e. The smallest absolute Gasteiger partial charge is 0.276 e. The molecule has 0 spiro atoms. The SMILES string of the molecule is O=[N+]([O-])c1ccccc1/C=C/c1cnco1. The molecule has 0 fully saturated rings. The average Bonchev–Trinajstić information content (AvgIpc) is 2.79. The standard InChI is InChI=1S/C11H8N2O3/c14-13(15)11-4-2-1-3-9(11)5-6-10-7-12-8-16-10/h1-8H/b6-5+. The number of oxazole rings is 1. The van der Waals surface area contributed by atoms with Gasteiger partial charge in [-0.25, -0.2) is 4.98 Å². The van der Waals surface area contributed by atoms with Gasteiger partial charge in [-0.2, -0.15) is 0 Å². The van der Waals surface area contributed by atoms with E-state index in [0.717, 1.165) is 0 Å². The molecule has 0 aliphatic carbocycles. The summed E-state index contributed by atoms with van der Waals surface area (Å²) in [6.45, 7) is 0. The first-order valence-electron chi connectivity index (χ1n) is 4.57. The lowest BCUT2D eigenvalue weighted by atomic mass is 10.1. The number of hydrogen-bond donors (Lipinski definition) is 0. The van der Waals surface area contributed by atoms with Crippen molar-refractivity contribution >= 4 is 17.8 Å². The van der Waals surface area contributed by atoms with Crippen LogP contribution in [0.3, 0.4) is 0 Å². The van der Waals surface area contributed by atoms with Gasteiger partial charge in [-0.1, -0.05) is 12.1 Å². The predicted octanol–water partition coefficient (Wildman–Crippen LogP) is 2.75. The van der Waals surface area contributed by atoms with Crippen LogP contribution in [0.2, 0.25) is 0 Å². The second-order valence-corrected chi connectivity index (χ2v) is 3.05. The van der Waals surface area contributed by atoms with Crippen molar-refractivity contribution < 1.29 is 9.34 Å². The number of aromatic nitrogens is 1. The van der Waals surface area contributed by atoms with E-state index in [0.29, 0.717) is 11.3 Å². The van der Waals surface area contributed by atoms with Crippen molar-refractivity contribution in [3.63, 3.8) is 0 Å². The van der Waals surface area contributed by atoms with Gasteiger partial charge in [0.2, 0.25) is 0 Å². The first-order valence-corrected chi connectivity index (χ1v) is 4.57. The maximum Gasteiger partial charge on any atom is 0.276 e. The van der Waals surface area contributed by atoms with E-state index in [9.17, 15) is 10.1 Å². The molecule has 0 bridgehead atoms. The topological polar surface area (TPSA) is 69.2 Å².